The summed E-state index contributed by atoms with van der Waals surface area (Å²) in [6.07, 6.45) is 0. The third-order valence-corrected chi connectivity index (χ3v) is 3.35. The minimum atomic E-state index is -0.822. The van der Waals surface area contributed by atoms with Gasteiger partial charge in [-0.2, -0.15) is 0 Å². The summed E-state index contributed by atoms with van der Waals surface area (Å²) in [4.78, 5) is 14.9. The Bertz CT molecular complexity index is 452. The highest BCUT2D eigenvalue weighted by atomic mass is 79.9. The molecule has 0 amide bonds. The summed E-state index contributed by atoms with van der Waals surface area (Å²) in [6.45, 7) is 2.06. The van der Waals surface area contributed by atoms with Crippen LogP contribution in [0.3, 0.4) is 0 Å². The molecule has 0 saturated heterocycles. The maximum Gasteiger partial charge on any atom is 0.317 e. The van der Waals surface area contributed by atoms with E-state index < -0.39 is 5.97 Å². The molecule has 1 N–H and O–H groups in total. The van der Waals surface area contributed by atoms with E-state index in [1.54, 1.807) is 7.11 Å². The van der Waals surface area contributed by atoms with Crippen molar-refractivity contribution in [2.75, 3.05) is 40.8 Å². The lowest BCUT2D eigenvalue weighted by Crippen LogP contribution is -2.35. The van der Waals surface area contributed by atoms with Crippen LogP contribution in [0.1, 0.15) is 5.56 Å². The van der Waals surface area contributed by atoms with E-state index in [1.165, 1.54) is 0 Å². The number of methoxy groups -OCH3 is 1. The molecular formula is C14H21BrN2O3. The van der Waals surface area contributed by atoms with Gasteiger partial charge in [-0.05, 0) is 32.3 Å². The number of carbonyl (C=O) groups is 1. The third kappa shape index (κ3) is 5.90. The van der Waals surface area contributed by atoms with Crippen LogP contribution in [0.25, 0.3) is 0 Å². The van der Waals surface area contributed by atoms with Crippen molar-refractivity contribution in [2.45, 2.75) is 6.54 Å². The molecule has 112 valence electrons. The highest BCUT2D eigenvalue weighted by Crippen LogP contribution is 2.24. The summed E-state index contributed by atoms with van der Waals surface area (Å²) < 4.78 is 6.28. The first kappa shape index (κ1) is 16.9. The van der Waals surface area contributed by atoms with Gasteiger partial charge in [0.2, 0.25) is 0 Å². The van der Waals surface area contributed by atoms with E-state index in [0.717, 1.165) is 22.3 Å². The van der Waals surface area contributed by atoms with E-state index >= 15 is 0 Å². The summed E-state index contributed by atoms with van der Waals surface area (Å²) in [7, 11) is 5.56. The number of aliphatic carboxylic acids is 1. The van der Waals surface area contributed by atoms with Crippen LogP contribution in [-0.4, -0.2) is 61.7 Å². The van der Waals surface area contributed by atoms with Crippen molar-refractivity contribution in [1.82, 2.24) is 9.80 Å². The highest BCUT2D eigenvalue weighted by molar-refractivity contribution is 9.10. The second-order valence-electron chi connectivity index (χ2n) is 4.86. The molecule has 0 saturated carbocycles. The van der Waals surface area contributed by atoms with Crippen LogP contribution >= 0.6 is 15.9 Å². The number of ether oxygens (including phenoxy) is 1. The van der Waals surface area contributed by atoms with Crippen LogP contribution in [0.4, 0.5) is 0 Å². The first-order chi connectivity index (χ1) is 9.42. The van der Waals surface area contributed by atoms with Crippen LogP contribution in [0, 0.1) is 0 Å². The van der Waals surface area contributed by atoms with Crippen molar-refractivity contribution in [3.8, 4) is 5.75 Å². The van der Waals surface area contributed by atoms with Gasteiger partial charge in [0.25, 0.3) is 0 Å². The van der Waals surface area contributed by atoms with Crippen molar-refractivity contribution < 1.29 is 14.6 Å². The van der Waals surface area contributed by atoms with Gasteiger partial charge in [-0.15, -0.1) is 0 Å². The zero-order valence-corrected chi connectivity index (χ0v) is 13.7. The van der Waals surface area contributed by atoms with E-state index in [0.29, 0.717) is 13.1 Å². The molecule has 1 aromatic rings. The van der Waals surface area contributed by atoms with E-state index in [-0.39, 0.29) is 6.54 Å². The Morgan fingerprint density at radius 1 is 1.35 bits per heavy atom. The molecular weight excluding hydrogens is 324 g/mol. The highest BCUT2D eigenvalue weighted by Gasteiger charge is 2.13. The number of halogens is 1. The van der Waals surface area contributed by atoms with Gasteiger partial charge in [0.1, 0.15) is 5.75 Å². The molecule has 0 atom stereocenters. The van der Waals surface area contributed by atoms with Crippen LogP contribution < -0.4 is 4.74 Å². The second kappa shape index (κ2) is 8.24. The largest absolute Gasteiger partial charge is 0.496 e. The van der Waals surface area contributed by atoms with E-state index in [1.807, 2.05) is 42.1 Å². The number of carboxylic acids is 1. The maximum absolute atomic E-state index is 11.0. The molecule has 5 nitrogen and oxygen atoms in total. The molecule has 0 radical (unpaired) electrons. The fraction of sp³-hybridized carbons (Fsp3) is 0.500. The van der Waals surface area contributed by atoms with Crippen molar-refractivity contribution >= 4 is 21.9 Å². The van der Waals surface area contributed by atoms with E-state index in [4.69, 9.17) is 9.84 Å². The first-order valence-corrected chi connectivity index (χ1v) is 7.13. The van der Waals surface area contributed by atoms with Gasteiger partial charge < -0.3 is 14.7 Å². The lowest BCUT2D eigenvalue weighted by Gasteiger charge is -2.23. The molecule has 1 rings (SSSR count). The van der Waals surface area contributed by atoms with Gasteiger partial charge in [0, 0.05) is 29.7 Å². The van der Waals surface area contributed by atoms with Crippen molar-refractivity contribution in [3.05, 3.63) is 28.2 Å². The lowest BCUT2D eigenvalue weighted by molar-refractivity contribution is -0.138. The number of rotatable bonds is 8. The summed E-state index contributed by atoms with van der Waals surface area (Å²) in [5.41, 5.74) is 0.974. The topological polar surface area (TPSA) is 53.0 Å². The Morgan fingerprint density at radius 3 is 2.60 bits per heavy atom. The molecule has 0 heterocycles. The van der Waals surface area contributed by atoms with Gasteiger partial charge in [-0.1, -0.05) is 15.9 Å². The van der Waals surface area contributed by atoms with Gasteiger partial charge in [-0.25, -0.2) is 0 Å². The molecule has 0 spiro atoms. The number of nitrogens with zero attached hydrogens (tertiary/aromatic N) is 2. The number of likely N-dealkylation sites (N-methyl/N-ethyl adjacent to an activating group) is 1. The lowest BCUT2D eigenvalue weighted by atomic mass is 10.2. The minimum Gasteiger partial charge on any atom is -0.496 e. The van der Waals surface area contributed by atoms with Crippen LogP contribution in [-0.2, 0) is 11.3 Å². The van der Waals surface area contributed by atoms with Crippen LogP contribution in [0.5, 0.6) is 5.75 Å². The van der Waals surface area contributed by atoms with E-state index in [9.17, 15) is 4.79 Å². The molecule has 0 unspecified atom stereocenters. The molecule has 0 aliphatic heterocycles. The van der Waals surface area contributed by atoms with Crippen LogP contribution in [0.2, 0.25) is 0 Å². The minimum absolute atomic E-state index is 0.0174. The van der Waals surface area contributed by atoms with Gasteiger partial charge >= 0.3 is 5.97 Å². The fourth-order valence-electron chi connectivity index (χ4n) is 1.86. The molecule has 0 aliphatic carbocycles. The molecule has 6 heteroatoms. The van der Waals surface area contributed by atoms with Crippen molar-refractivity contribution in [3.63, 3.8) is 0 Å². The molecule has 0 bridgehead atoms. The normalized spacial score (nSPS) is 11.1. The first-order valence-electron chi connectivity index (χ1n) is 6.33. The average molecular weight is 345 g/mol. The molecule has 1 aromatic carbocycles. The predicted molar refractivity (Wildman–Crippen MR) is 82.2 cm³/mol. The van der Waals surface area contributed by atoms with Gasteiger partial charge in [0.15, 0.2) is 0 Å². The number of carboxylic acid groups (broad SMARTS) is 1. The predicted octanol–water partition coefficient (Wildman–Crippen LogP) is 1.91. The Morgan fingerprint density at radius 2 is 2.05 bits per heavy atom. The van der Waals surface area contributed by atoms with E-state index in [2.05, 4.69) is 15.9 Å². The standard InChI is InChI=1S/C14H21BrN2O3/c1-16(2)6-7-17(10-14(18)19)9-11-8-12(15)4-5-13(11)20-3/h4-5,8H,6-7,9-10H2,1-3H3,(H,18,19). The Labute approximate surface area is 128 Å². The smallest absolute Gasteiger partial charge is 0.317 e. The zero-order valence-electron chi connectivity index (χ0n) is 12.1. The average Bonchev–Trinajstić information content (AvgIpc) is 2.35. The van der Waals surface area contributed by atoms with Gasteiger partial charge in [-0.3, -0.25) is 9.69 Å². The Balaban J connectivity index is 2.82. The molecule has 20 heavy (non-hydrogen) atoms. The van der Waals surface area contributed by atoms with Crippen molar-refractivity contribution in [1.29, 1.82) is 0 Å². The van der Waals surface area contributed by atoms with Crippen molar-refractivity contribution in [2.24, 2.45) is 0 Å². The molecule has 0 aliphatic rings. The quantitative estimate of drug-likeness (QED) is 0.780. The summed E-state index contributed by atoms with van der Waals surface area (Å²) in [5.74, 6) is -0.0499. The van der Waals surface area contributed by atoms with Gasteiger partial charge in [0.05, 0.1) is 13.7 Å². The third-order valence-electron chi connectivity index (χ3n) is 2.86. The Hall–Kier alpha value is -1.11. The number of benzene rings is 1. The number of hydrogen-bond acceptors (Lipinski definition) is 4. The monoisotopic (exact) mass is 344 g/mol. The summed E-state index contributed by atoms with van der Waals surface area (Å²) in [6, 6.07) is 5.75. The molecule has 0 fully saturated rings. The summed E-state index contributed by atoms with van der Waals surface area (Å²) in [5, 5.41) is 9.01. The Kier molecular flexibility index (Phi) is 6.98. The number of hydrogen-bond donors (Lipinski definition) is 1. The molecule has 0 aromatic heterocycles. The second-order valence-corrected chi connectivity index (χ2v) is 5.78. The fourth-order valence-corrected chi connectivity index (χ4v) is 2.27. The zero-order chi connectivity index (χ0) is 15.1. The summed E-state index contributed by atoms with van der Waals surface area (Å²) >= 11 is 3.43. The van der Waals surface area contributed by atoms with Crippen LogP contribution in [0.15, 0.2) is 22.7 Å². The maximum atomic E-state index is 11.0. The SMILES string of the molecule is COc1ccc(Br)cc1CN(CCN(C)C)CC(=O)O.